The van der Waals surface area contributed by atoms with Gasteiger partial charge in [-0.25, -0.2) is 4.98 Å². The Labute approximate surface area is 90.9 Å². The van der Waals surface area contributed by atoms with E-state index in [9.17, 15) is 0 Å². The molecule has 82 valence electrons. The zero-order valence-electron chi connectivity index (χ0n) is 9.72. The topological polar surface area (TPSA) is 30.7 Å². The van der Waals surface area contributed by atoms with Crippen LogP contribution in [-0.4, -0.2) is 14.8 Å². The molecule has 0 saturated heterocycles. The molecule has 2 fully saturated rings. The van der Waals surface area contributed by atoms with Gasteiger partial charge >= 0.3 is 0 Å². The van der Waals surface area contributed by atoms with Gasteiger partial charge in [0, 0.05) is 13.0 Å². The highest BCUT2D eigenvalue weighted by molar-refractivity contribution is 5.18. The predicted octanol–water partition coefficient (Wildman–Crippen LogP) is 2.21. The van der Waals surface area contributed by atoms with E-state index < -0.39 is 0 Å². The lowest BCUT2D eigenvalue weighted by Gasteiger charge is -2.16. The van der Waals surface area contributed by atoms with Gasteiger partial charge in [0.15, 0.2) is 5.82 Å². The molecule has 0 N–H and O–H groups in total. The third kappa shape index (κ3) is 1.40. The zero-order valence-corrected chi connectivity index (χ0v) is 9.72. The van der Waals surface area contributed by atoms with Gasteiger partial charge in [-0.1, -0.05) is 13.8 Å². The lowest BCUT2D eigenvalue weighted by atomic mass is 9.89. The summed E-state index contributed by atoms with van der Waals surface area (Å²) in [4.78, 5) is 4.38. The maximum absolute atomic E-state index is 4.43. The Hall–Kier alpha value is -0.860. The van der Waals surface area contributed by atoms with Gasteiger partial charge in [0.25, 0.3) is 0 Å². The van der Waals surface area contributed by atoms with Crippen LogP contribution in [0.15, 0.2) is 6.33 Å². The maximum Gasteiger partial charge on any atom is 0.154 e. The summed E-state index contributed by atoms with van der Waals surface area (Å²) in [5, 5.41) is 4.43. The minimum atomic E-state index is 0.696. The second-order valence-electron chi connectivity index (χ2n) is 5.61. The van der Waals surface area contributed by atoms with E-state index in [1.54, 1.807) is 0 Å². The highest BCUT2D eigenvalue weighted by atomic mass is 15.3. The van der Waals surface area contributed by atoms with Gasteiger partial charge in [0.1, 0.15) is 6.33 Å². The Morgan fingerprint density at radius 2 is 2.00 bits per heavy atom. The predicted molar refractivity (Wildman–Crippen MR) is 58.3 cm³/mol. The minimum absolute atomic E-state index is 0.696. The average Bonchev–Trinajstić information content (AvgIpc) is 2.62. The molecule has 2 aliphatic carbocycles. The van der Waals surface area contributed by atoms with E-state index in [1.165, 1.54) is 12.8 Å². The largest absolute Gasteiger partial charge is 0.256 e. The fourth-order valence-electron chi connectivity index (χ4n) is 3.32. The first-order valence-corrected chi connectivity index (χ1v) is 6.02. The summed E-state index contributed by atoms with van der Waals surface area (Å²) in [6, 6.07) is 0. The second-order valence-corrected chi connectivity index (χ2v) is 5.61. The summed E-state index contributed by atoms with van der Waals surface area (Å²) in [6.45, 7) is 4.70. The van der Waals surface area contributed by atoms with Crippen molar-refractivity contribution in [3.8, 4) is 0 Å². The van der Waals surface area contributed by atoms with Crippen molar-refractivity contribution in [1.82, 2.24) is 14.8 Å². The van der Waals surface area contributed by atoms with Crippen LogP contribution in [0.3, 0.4) is 0 Å². The van der Waals surface area contributed by atoms with Crippen molar-refractivity contribution in [3.05, 3.63) is 12.2 Å². The van der Waals surface area contributed by atoms with Crippen LogP contribution >= 0.6 is 0 Å². The minimum Gasteiger partial charge on any atom is -0.256 e. The summed E-state index contributed by atoms with van der Waals surface area (Å²) < 4.78 is 1.82. The molecular formula is C12H19N3. The quantitative estimate of drug-likeness (QED) is 0.741. The van der Waals surface area contributed by atoms with Gasteiger partial charge in [0.05, 0.1) is 0 Å². The van der Waals surface area contributed by atoms with E-state index in [0.717, 1.165) is 29.5 Å². The van der Waals surface area contributed by atoms with Gasteiger partial charge in [0.2, 0.25) is 0 Å². The standard InChI is InChI=1S/C12H19N3/c1-7(2)8-4-9-10(5-8)11(9)12-13-6-15(3)14-12/h6-11H,4-5H2,1-3H3/t8-,9+,10-,11?. The summed E-state index contributed by atoms with van der Waals surface area (Å²) in [6.07, 6.45) is 4.64. The van der Waals surface area contributed by atoms with Crippen LogP contribution in [0, 0.1) is 23.7 Å². The van der Waals surface area contributed by atoms with Crippen molar-refractivity contribution in [2.24, 2.45) is 30.7 Å². The number of aryl methyl sites for hydroxylation is 1. The number of rotatable bonds is 2. The summed E-state index contributed by atoms with van der Waals surface area (Å²) in [7, 11) is 1.95. The Morgan fingerprint density at radius 3 is 2.47 bits per heavy atom. The fraction of sp³-hybridized carbons (Fsp3) is 0.833. The van der Waals surface area contributed by atoms with Crippen molar-refractivity contribution in [1.29, 1.82) is 0 Å². The lowest BCUT2D eigenvalue weighted by molar-refractivity contribution is 0.351. The highest BCUT2D eigenvalue weighted by Gasteiger charge is 2.58. The molecule has 0 aromatic carbocycles. The van der Waals surface area contributed by atoms with Crippen molar-refractivity contribution < 1.29 is 0 Å². The third-order valence-corrected chi connectivity index (χ3v) is 4.34. The number of hydrogen-bond acceptors (Lipinski definition) is 2. The Balaban J connectivity index is 1.68. The van der Waals surface area contributed by atoms with Gasteiger partial charge in [-0.2, -0.15) is 5.10 Å². The van der Waals surface area contributed by atoms with Gasteiger partial charge in [-0.05, 0) is 36.5 Å². The number of fused-ring (bicyclic) bond motifs is 1. The average molecular weight is 205 g/mol. The molecule has 3 heteroatoms. The molecule has 15 heavy (non-hydrogen) atoms. The molecule has 0 amide bonds. The summed E-state index contributed by atoms with van der Waals surface area (Å²) >= 11 is 0. The van der Waals surface area contributed by atoms with Crippen molar-refractivity contribution >= 4 is 0 Å². The van der Waals surface area contributed by atoms with E-state index in [2.05, 4.69) is 23.9 Å². The lowest BCUT2D eigenvalue weighted by Crippen LogP contribution is -2.08. The Morgan fingerprint density at radius 1 is 1.33 bits per heavy atom. The Bertz CT molecular complexity index is 357. The molecule has 0 spiro atoms. The first-order chi connectivity index (χ1) is 7.16. The van der Waals surface area contributed by atoms with Gasteiger partial charge in [-0.15, -0.1) is 0 Å². The molecule has 0 radical (unpaired) electrons. The van der Waals surface area contributed by atoms with Crippen LogP contribution in [-0.2, 0) is 7.05 Å². The number of aromatic nitrogens is 3. The molecule has 0 bridgehead atoms. The van der Waals surface area contributed by atoms with E-state index in [-0.39, 0.29) is 0 Å². The molecule has 3 rings (SSSR count). The summed E-state index contributed by atoms with van der Waals surface area (Å²) in [5.74, 6) is 5.41. The number of hydrogen-bond donors (Lipinski definition) is 0. The van der Waals surface area contributed by atoms with Crippen LogP contribution in [0.4, 0.5) is 0 Å². The van der Waals surface area contributed by atoms with Crippen molar-refractivity contribution in [2.75, 3.05) is 0 Å². The van der Waals surface area contributed by atoms with Crippen molar-refractivity contribution in [2.45, 2.75) is 32.6 Å². The maximum atomic E-state index is 4.43. The molecule has 0 aliphatic heterocycles. The van der Waals surface area contributed by atoms with E-state index in [1.807, 2.05) is 18.1 Å². The molecule has 1 aromatic heterocycles. The SMILES string of the molecule is CC(C)[C@@H]1C[C@@H]2C(c3ncn(C)n3)[C@@H]2C1. The molecule has 4 atom stereocenters. The zero-order chi connectivity index (χ0) is 10.6. The smallest absolute Gasteiger partial charge is 0.154 e. The molecule has 2 saturated carbocycles. The summed E-state index contributed by atoms with van der Waals surface area (Å²) in [5.41, 5.74) is 0. The van der Waals surface area contributed by atoms with Crippen molar-refractivity contribution in [3.63, 3.8) is 0 Å². The fourth-order valence-corrected chi connectivity index (χ4v) is 3.32. The highest BCUT2D eigenvalue weighted by Crippen LogP contribution is 2.65. The van der Waals surface area contributed by atoms with Crippen LogP contribution in [0.5, 0.6) is 0 Å². The molecule has 3 nitrogen and oxygen atoms in total. The third-order valence-electron chi connectivity index (χ3n) is 4.34. The number of nitrogens with zero attached hydrogens (tertiary/aromatic N) is 3. The Kier molecular flexibility index (Phi) is 1.91. The molecular weight excluding hydrogens is 186 g/mol. The molecule has 2 aliphatic rings. The van der Waals surface area contributed by atoms with Crippen LogP contribution in [0.25, 0.3) is 0 Å². The second kappa shape index (κ2) is 3.06. The normalized spacial score (nSPS) is 38.4. The molecule has 1 aromatic rings. The molecule has 1 heterocycles. The van der Waals surface area contributed by atoms with Gasteiger partial charge < -0.3 is 0 Å². The first-order valence-electron chi connectivity index (χ1n) is 6.02. The van der Waals surface area contributed by atoms with Gasteiger partial charge in [-0.3, -0.25) is 4.68 Å². The van der Waals surface area contributed by atoms with Crippen LogP contribution in [0.2, 0.25) is 0 Å². The van der Waals surface area contributed by atoms with E-state index >= 15 is 0 Å². The van der Waals surface area contributed by atoms with E-state index in [0.29, 0.717) is 5.92 Å². The molecule has 1 unspecified atom stereocenters. The van der Waals surface area contributed by atoms with E-state index in [4.69, 9.17) is 0 Å². The van der Waals surface area contributed by atoms with Crippen LogP contribution in [0.1, 0.15) is 38.4 Å². The van der Waals surface area contributed by atoms with Crippen LogP contribution < -0.4 is 0 Å². The monoisotopic (exact) mass is 205 g/mol. The first kappa shape index (κ1) is 9.37.